The van der Waals surface area contributed by atoms with Crippen molar-refractivity contribution in [3.63, 3.8) is 0 Å². The molecule has 2 aromatic heterocycles. The summed E-state index contributed by atoms with van der Waals surface area (Å²) in [5.41, 5.74) is 6.57. The third kappa shape index (κ3) is 3.29. The van der Waals surface area contributed by atoms with Crippen LogP contribution in [-0.2, 0) is 6.54 Å². The van der Waals surface area contributed by atoms with Gasteiger partial charge >= 0.3 is 0 Å². The summed E-state index contributed by atoms with van der Waals surface area (Å²) in [6, 6.07) is 0. The van der Waals surface area contributed by atoms with Gasteiger partial charge in [-0.3, -0.25) is 4.98 Å². The lowest BCUT2D eigenvalue weighted by atomic mass is 9.95. The van der Waals surface area contributed by atoms with Gasteiger partial charge in [0.2, 0.25) is 0 Å². The van der Waals surface area contributed by atoms with E-state index in [2.05, 4.69) is 24.6 Å². The van der Waals surface area contributed by atoms with Crippen molar-refractivity contribution in [1.29, 1.82) is 0 Å². The normalized spacial score (nSPS) is 16.1. The molecule has 8 heteroatoms. The molecule has 2 N–H and O–H groups in total. The van der Waals surface area contributed by atoms with Gasteiger partial charge in [0.1, 0.15) is 11.6 Å². The fourth-order valence-corrected chi connectivity index (χ4v) is 3.78. The van der Waals surface area contributed by atoms with Gasteiger partial charge in [0, 0.05) is 44.5 Å². The largest absolute Gasteiger partial charge is 0.369 e. The summed E-state index contributed by atoms with van der Waals surface area (Å²) >= 11 is 12.5. The minimum absolute atomic E-state index is 0.387. The van der Waals surface area contributed by atoms with Crippen LogP contribution in [0.1, 0.15) is 30.4 Å². The van der Waals surface area contributed by atoms with Crippen LogP contribution in [0.3, 0.4) is 0 Å². The molecule has 1 saturated heterocycles. The highest BCUT2D eigenvalue weighted by atomic mass is 35.5. The van der Waals surface area contributed by atoms with Crippen molar-refractivity contribution < 1.29 is 0 Å². The predicted octanol–water partition coefficient (Wildman–Crippen LogP) is 2.63. The average Bonchev–Trinajstić information content (AvgIpc) is 2.90. The first kappa shape index (κ1) is 16.5. The van der Waals surface area contributed by atoms with Crippen molar-refractivity contribution >= 4 is 28.9 Å². The predicted molar refractivity (Wildman–Crippen MR) is 92.3 cm³/mol. The summed E-state index contributed by atoms with van der Waals surface area (Å²) in [5.74, 6) is 2.35. The summed E-state index contributed by atoms with van der Waals surface area (Å²) in [7, 11) is 0. The summed E-state index contributed by atoms with van der Waals surface area (Å²) in [6.45, 7) is 5.08. The Morgan fingerprint density at radius 3 is 2.43 bits per heavy atom. The van der Waals surface area contributed by atoms with Gasteiger partial charge < -0.3 is 15.2 Å². The van der Waals surface area contributed by atoms with Crippen molar-refractivity contribution in [3.8, 4) is 0 Å². The van der Waals surface area contributed by atoms with E-state index in [0.29, 0.717) is 22.5 Å². The molecule has 1 aliphatic heterocycles. The molecule has 0 spiro atoms. The third-order valence-electron chi connectivity index (χ3n) is 4.32. The number of pyridine rings is 1. The van der Waals surface area contributed by atoms with Gasteiger partial charge in [-0.25, -0.2) is 0 Å². The number of rotatable bonds is 4. The lowest BCUT2D eigenvalue weighted by Crippen LogP contribution is -2.34. The van der Waals surface area contributed by atoms with E-state index in [1.165, 1.54) is 0 Å². The number of hydrogen-bond donors (Lipinski definition) is 1. The van der Waals surface area contributed by atoms with E-state index in [9.17, 15) is 0 Å². The van der Waals surface area contributed by atoms with Crippen molar-refractivity contribution in [2.24, 2.45) is 5.73 Å². The lowest BCUT2D eigenvalue weighted by molar-refractivity contribution is 0.463. The molecule has 23 heavy (non-hydrogen) atoms. The van der Waals surface area contributed by atoms with Gasteiger partial charge in [0.15, 0.2) is 0 Å². The van der Waals surface area contributed by atoms with Crippen molar-refractivity contribution in [3.05, 3.63) is 34.1 Å². The Labute approximate surface area is 145 Å². The van der Waals surface area contributed by atoms with Crippen molar-refractivity contribution in [2.75, 3.05) is 24.5 Å². The smallest absolute Gasteiger partial charge is 0.136 e. The zero-order valence-electron chi connectivity index (χ0n) is 13.0. The number of halogens is 2. The zero-order valence-corrected chi connectivity index (χ0v) is 14.6. The lowest BCUT2D eigenvalue weighted by Gasteiger charge is -2.34. The number of piperidine rings is 1. The van der Waals surface area contributed by atoms with E-state index >= 15 is 0 Å². The summed E-state index contributed by atoms with van der Waals surface area (Å²) in [4.78, 5) is 6.23. The number of nitrogens with zero attached hydrogens (tertiary/aromatic N) is 5. The summed E-state index contributed by atoms with van der Waals surface area (Å²) in [6.07, 6.45) is 5.24. The van der Waals surface area contributed by atoms with E-state index in [1.54, 1.807) is 12.4 Å². The molecule has 1 fully saturated rings. The highest BCUT2D eigenvalue weighted by Gasteiger charge is 2.27. The van der Waals surface area contributed by atoms with Crippen LogP contribution >= 0.6 is 23.2 Å². The fraction of sp³-hybridized carbons (Fsp3) is 0.533. The van der Waals surface area contributed by atoms with Crippen LogP contribution in [0, 0.1) is 6.92 Å². The Bertz CT molecular complexity index is 658. The Morgan fingerprint density at radius 2 is 1.83 bits per heavy atom. The zero-order chi connectivity index (χ0) is 16.4. The SMILES string of the molecule is Cc1nnc(C2CCN(c3c(Cl)cncc3Cl)CC2)n1CCN. The molecule has 124 valence electrons. The molecule has 3 heterocycles. The summed E-state index contributed by atoms with van der Waals surface area (Å²) < 4.78 is 2.13. The number of aromatic nitrogens is 4. The second kappa shape index (κ2) is 7.03. The van der Waals surface area contributed by atoms with E-state index in [0.717, 1.165) is 49.8 Å². The van der Waals surface area contributed by atoms with Crippen LogP contribution in [0.15, 0.2) is 12.4 Å². The number of hydrogen-bond acceptors (Lipinski definition) is 5. The Balaban J connectivity index is 1.74. The van der Waals surface area contributed by atoms with Crippen LogP contribution in [0.2, 0.25) is 10.0 Å². The third-order valence-corrected chi connectivity index (χ3v) is 4.87. The quantitative estimate of drug-likeness (QED) is 0.913. The van der Waals surface area contributed by atoms with Gasteiger partial charge in [0.05, 0.1) is 15.7 Å². The molecule has 0 bridgehead atoms. The van der Waals surface area contributed by atoms with Gasteiger partial charge in [-0.1, -0.05) is 23.2 Å². The highest BCUT2D eigenvalue weighted by molar-refractivity contribution is 6.38. The molecule has 0 amide bonds. The van der Waals surface area contributed by atoms with Crippen LogP contribution in [0.5, 0.6) is 0 Å². The molecule has 2 aromatic rings. The second-order valence-electron chi connectivity index (χ2n) is 5.76. The molecule has 0 atom stereocenters. The molecule has 3 rings (SSSR count). The van der Waals surface area contributed by atoms with Crippen LogP contribution in [0.4, 0.5) is 5.69 Å². The number of anilines is 1. The van der Waals surface area contributed by atoms with Crippen molar-refractivity contribution in [1.82, 2.24) is 19.7 Å². The first-order valence-corrected chi connectivity index (χ1v) is 8.51. The molecule has 0 saturated carbocycles. The maximum atomic E-state index is 6.26. The van der Waals surface area contributed by atoms with E-state index < -0.39 is 0 Å². The topological polar surface area (TPSA) is 72.9 Å². The van der Waals surface area contributed by atoms with Crippen LogP contribution in [0.25, 0.3) is 0 Å². The Hall–Kier alpha value is -1.37. The van der Waals surface area contributed by atoms with Crippen molar-refractivity contribution in [2.45, 2.75) is 32.2 Å². The highest BCUT2D eigenvalue weighted by Crippen LogP contribution is 2.36. The second-order valence-corrected chi connectivity index (χ2v) is 6.57. The Morgan fingerprint density at radius 1 is 1.17 bits per heavy atom. The maximum absolute atomic E-state index is 6.26. The Kier molecular flexibility index (Phi) is 5.04. The van der Waals surface area contributed by atoms with Crippen LogP contribution in [-0.4, -0.2) is 39.4 Å². The molecule has 6 nitrogen and oxygen atoms in total. The minimum atomic E-state index is 0.387. The number of nitrogens with two attached hydrogens (primary N) is 1. The van der Waals surface area contributed by atoms with Crippen LogP contribution < -0.4 is 10.6 Å². The monoisotopic (exact) mass is 354 g/mol. The summed E-state index contributed by atoms with van der Waals surface area (Å²) in [5, 5.41) is 9.77. The molecule has 0 radical (unpaired) electrons. The van der Waals surface area contributed by atoms with Gasteiger partial charge in [-0.05, 0) is 19.8 Å². The fourth-order valence-electron chi connectivity index (χ4n) is 3.17. The average molecular weight is 355 g/mol. The first-order chi connectivity index (χ1) is 11.1. The molecular weight excluding hydrogens is 335 g/mol. The van der Waals surface area contributed by atoms with E-state index in [1.807, 2.05) is 6.92 Å². The molecule has 1 aliphatic rings. The van der Waals surface area contributed by atoms with Gasteiger partial charge in [-0.2, -0.15) is 0 Å². The molecular formula is C15H20Cl2N6. The standard InChI is InChI=1S/C15H20Cl2N6/c1-10-20-21-15(23(10)7-4-18)11-2-5-22(6-3-11)14-12(16)8-19-9-13(14)17/h8-9,11H,2-7,18H2,1H3. The van der Waals surface area contributed by atoms with E-state index in [-0.39, 0.29) is 0 Å². The molecule has 0 aromatic carbocycles. The molecule has 0 aliphatic carbocycles. The first-order valence-electron chi connectivity index (χ1n) is 7.75. The van der Waals surface area contributed by atoms with Gasteiger partial charge in [0.25, 0.3) is 0 Å². The minimum Gasteiger partial charge on any atom is -0.369 e. The van der Waals surface area contributed by atoms with Gasteiger partial charge in [-0.15, -0.1) is 10.2 Å². The molecule has 0 unspecified atom stereocenters. The maximum Gasteiger partial charge on any atom is 0.136 e. The number of aryl methyl sites for hydroxylation is 1. The van der Waals surface area contributed by atoms with E-state index in [4.69, 9.17) is 28.9 Å².